The first-order valence-corrected chi connectivity index (χ1v) is 18.6. The van der Waals surface area contributed by atoms with Crippen LogP contribution in [0.1, 0.15) is 25.0 Å². The number of rotatable bonds is 3. The van der Waals surface area contributed by atoms with E-state index in [1.165, 1.54) is 109 Å². The van der Waals surface area contributed by atoms with E-state index >= 15 is 0 Å². The van der Waals surface area contributed by atoms with Crippen molar-refractivity contribution in [2.75, 3.05) is 0 Å². The van der Waals surface area contributed by atoms with Gasteiger partial charge in [-0.3, -0.25) is 0 Å². The van der Waals surface area contributed by atoms with E-state index in [1.807, 2.05) is 0 Å². The predicted molar refractivity (Wildman–Crippen MR) is 228 cm³/mol. The number of fused-ring (bicyclic) bond motifs is 8. The highest BCUT2D eigenvalue weighted by Crippen LogP contribution is 2.51. The highest BCUT2D eigenvalue weighted by Gasteiger charge is 2.36. The molecule has 0 fully saturated rings. The fraction of sp³-hybridized carbons (Fsp3) is 0.0566. The minimum Gasteiger partial charge on any atom is -0.0616 e. The van der Waals surface area contributed by atoms with Gasteiger partial charge in [-0.15, -0.1) is 0 Å². The van der Waals surface area contributed by atoms with Gasteiger partial charge < -0.3 is 0 Å². The van der Waals surface area contributed by atoms with Gasteiger partial charge in [-0.25, -0.2) is 0 Å². The third-order valence-corrected chi connectivity index (χ3v) is 11.9. The molecule has 0 unspecified atom stereocenters. The molecule has 1 aliphatic carbocycles. The maximum Gasteiger partial charge on any atom is 0.0159 e. The Labute approximate surface area is 309 Å². The van der Waals surface area contributed by atoms with E-state index < -0.39 is 0 Å². The highest BCUT2D eigenvalue weighted by molar-refractivity contribution is 6.04. The molecular weight excluding hydrogens is 637 g/mol. The molecule has 0 bridgehead atoms. The van der Waals surface area contributed by atoms with E-state index in [2.05, 4.69) is 196 Å². The molecule has 11 rings (SSSR count). The zero-order valence-corrected chi connectivity index (χ0v) is 29.8. The van der Waals surface area contributed by atoms with Crippen LogP contribution in [0.2, 0.25) is 0 Å². The largest absolute Gasteiger partial charge is 0.0616 e. The van der Waals surface area contributed by atoms with Crippen LogP contribution in [0.15, 0.2) is 182 Å². The Bertz CT molecular complexity index is 3140. The van der Waals surface area contributed by atoms with Gasteiger partial charge >= 0.3 is 0 Å². The summed E-state index contributed by atoms with van der Waals surface area (Å²) in [7, 11) is 0. The SMILES string of the molecule is CC1(C)c2cc3ccccc3cc2-c2cc3ccc(-c4cc(-c5ccc6cc(-c7ccc8ccccc8c7)ccc6c5)c5ccccc5c4)cc3cc21. The van der Waals surface area contributed by atoms with E-state index in [1.54, 1.807) is 0 Å². The van der Waals surface area contributed by atoms with Crippen molar-refractivity contribution in [3.05, 3.63) is 193 Å². The summed E-state index contributed by atoms with van der Waals surface area (Å²) in [6, 6.07) is 68.1. The van der Waals surface area contributed by atoms with E-state index in [4.69, 9.17) is 0 Å². The van der Waals surface area contributed by atoms with Crippen molar-refractivity contribution in [1.29, 1.82) is 0 Å². The Morgan fingerprint density at radius 1 is 0.264 bits per heavy atom. The maximum absolute atomic E-state index is 2.45. The first kappa shape index (κ1) is 30.2. The second-order valence-corrected chi connectivity index (χ2v) is 15.4. The summed E-state index contributed by atoms with van der Waals surface area (Å²) in [5, 5.41) is 12.7. The van der Waals surface area contributed by atoms with Gasteiger partial charge in [0.05, 0.1) is 0 Å². The molecule has 0 heterocycles. The van der Waals surface area contributed by atoms with Crippen LogP contribution in [-0.2, 0) is 5.41 Å². The average Bonchev–Trinajstić information content (AvgIpc) is 3.41. The average molecular weight is 673 g/mol. The van der Waals surface area contributed by atoms with Gasteiger partial charge in [0, 0.05) is 5.41 Å². The lowest BCUT2D eigenvalue weighted by atomic mass is 9.81. The quantitative estimate of drug-likeness (QED) is 0.175. The second-order valence-electron chi connectivity index (χ2n) is 15.4. The molecule has 0 nitrogen and oxygen atoms in total. The van der Waals surface area contributed by atoms with Gasteiger partial charge in [0.2, 0.25) is 0 Å². The Morgan fingerprint density at radius 3 is 1.32 bits per heavy atom. The molecule has 1 aliphatic rings. The normalized spacial score (nSPS) is 13.2. The molecule has 0 aliphatic heterocycles. The molecule has 0 amide bonds. The third kappa shape index (κ3) is 4.76. The van der Waals surface area contributed by atoms with Crippen LogP contribution in [-0.4, -0.2) is 0 Å². The van der Waals surface area contributed by atoms with Crippen molar-refractivity contribution in [3.63, 3.8) is 0 Å². The van der Waals surface area contributed by atoms with Gasteiger partial charge in [-0.05, 0) is 170 Å². The van der Waals surface area contributed by atoms with Gasteiger partial charge in [0.1, 0.15) is 0 Å². The van der Waals surface area contributed by atoms with Crippen LogP contribution < -0.4 is 0 Å². The Balaban J connectivity index is 1.00. The fourth-order valence-electron chi connectivity index (χ4n) is 9.02. The maximum atomic E-state index is 2.45. The van der Waals surface area contributed by atoms with Crippen molar-refractivity contribution < 1.29 is 0 Å². The van der Waals surface area contributed by atoms with Crippen molar-refractivity contribution in [2.24, 2.45) is 0 Å². The molecule has 0 aromatic heterocycles. The lowest BCUT2D eigenvalue weighted by Gasteiger charge is -2.22. The van der Waals surface area contributed by atoms with Crippen LogP contribution in [0.25, 0.3) is 98.4 Å². The molecular formula is C53H36. The van der Waals surface area contributed by atoms with E-state index in [0.717, 1.165) is 0 Å². The summed E-state index contributed by atoms with van der Waals surface area (Å²) in [5.41, 5.74) is 13.0. The molecule has 0 heteroatoms. The highest BCUT2D eigenvalue weighted by atomic mass is 14.4. The predicted octanol–water partition coefficient (Wildman–Crippen LogP) is 14.8. The summed E-state index contributed by atoms with van der Waals surface area (Å²) in [6.45, 7) is 4.76. The Kier molecular flexibility index (Phi) is 6.40. The van der Waals surface area contributed by atoms with Gasteiger partial charge in [-0.1, -0.05) is 135 Å². The van der Waals surface area contributed by atoms with Crippen molar-refractivity contribution in [3.8, 4) is 44.5 Å². The minimum absolute atomic E-state index is 0.0681. The monoisotopic (exact) mass is 672 g/mol. The van der Waals surface area contributed by atoms with E-state index in [9.17, 15) is 0 Å². The van der Waals surface area contributed by atoms with Crippen molar-refractivity contribution >= 4 is 53.9 Å². The van der Waals surface area contributed by atoms with Gasteiger partial charge in [0.15, 0.2) is 0 Å². The van der Waals surface area contributed by atoms with Crippen LogP contribution in [0.3, 0.4) is 0 Å². The first-order valence-electron chi connectivity index (χ1n) is 18.6. The topological polar surface area (TPSA) is 0 Å². The molecule has 248 valence electrons. The van der Waals surface area contributed by atoms with Crippen molar-refractivity contribution in [2.45, 2.75) is 19.3 Å². The number of hydrogen-bond donors (Lipinski definition) is 0. The van der Waals surface area contributed by atoms with E-state index in [-0.39, 0.29) is 5.41 Å². The Hall–Kier alpha value is -6.50. The molecule has 0 saturated heterocycles. The fourth-order valence-corrected chi connectivity index (χ4v) is 9.02. The number of hydrogen-bond acceptors (Lipinski definition) is 0. The summed E-state index contributed by atoms with van der Waals surface area (Å²) in [5.74, 6) is 0. The Morgan fingerprint density at radius 2 is 0.660 bits per heavy atom. The molecule has 53 heavy (non-hydrogen) atoms. The molecule has 0 spiro atoms. The lowest BCUT2D eigenvalue weighted by Crippen LogP contribution is -2.14. The lowest BCUT2D eigenvalue weighted by molar-refractivity contribution is 0.662. The summed E-state index contributed by atoms with van der Waals surface area (Å²) in [4.78, 5) is 0. The standard InChI is InChI=1S/C53H36/c1-53(2)51-31-36-12-6-5-11-35(36)28-49(51)50-29-42-20-19-41(26-46(42)32-52(50)53)45-27-43-13-7-8-14-47(43)48(30-45)44-22-21-39-24-38(17-18-40(39)25-44)37-16-15-33-9-3-4-10-34(33)23-37/h3-32H,1-2H3. The third-order valence-electron chi connectivity index (χ3n) is 11.9. The van der Waals surface area contributed by atoms with Crippen LogP contribution >= 0.6 is 0 Å². The smallest absolute Gasteiger partial charge is 0.0159 e. The first-order chi connectivity index (χ1) is 26.0. The molecule has 10 aromatic rings. The molecule has 0 atom stereocenters. The second kappa shape index (κ2) is 11.2. The molecule has 0 saturated carbocycles. The van der Waals surface area contributed by atoms with Crippen LogP contribution in [0, 0.1) is 0 Å². The molecule has 0 N–H and O–H groups in total. The van der Waals surface area contributed by atoms with Crippen molar-refractivity contribution in [1.82, 2.24) is 0 Å². The minimum atomic E-state index is -0.0681. The van der Waals surface area contributed by atoms with E-state index in [0.29, 0.717) is 0 Å². The van der Waals surface area contributed by atoms with Gasteiger partial charge in [0.25, 0.3) is 0 Å². The summed E-state index contributed by atoms with van der Waals surface area (Å²) < 4.78 is 0. The van der Waals surface area contributed by atoms with Crippen LogP contribution in [0.4, 0.5) is 0 Å². The summed E-state index contributed by atoms with van der Waals surface area (Å²) in [6.07, 6.45) is 0. The molecule has 0 radical (unpaired) electrons. The number of benzene rings is 10. The molecule has 10 aromatic carbocycles. The van der Waals surface area contributed by atoms with Crippen LogP contribution in [0.5, 0.6) is 0 Å². The van der Waals surface area contributed by atoms with Gasteiger partial charge in [-0.2, -0.15) is 0 Å². The summed E-state index contributed by atoms with van der Waals surface area (Å²) >= 11 is 0. The zero-order valence-electron chi connectivity index (χ0n) is 29.8. The zero-order chi connectivity index (χ0) is 35.3.